The Morgan fingerprint density at radius 2 is 1.68 bits per heavy atom. The molecule has 0 saturated carbocycles. The normalized spacial score (nSPS) is 13.9. The van der Waals surface area contributed by atoms with Crippen LogP contribution in [0.5, 0.6) is 0 Å². The second kappa shape index (κ2) is 10.5. The number of aromatic nitrogens is 1. The number of carboxylic acid groups (broad SMARTS) is 1. The fourth-order valence-electron chi connectivity index (χ4n) is 4.15. The van der Waals surface area contributed by atoms with Crippen molar-refractivity contribution >= 4 is 29.3 Å². The van der Waals surface area contributed by atoms with Gasteiger partial charge in [0.15, 0.2) is 0 Å². The zero-order valence-corrected chi connectivity index (χ0v) is 19.4. The van der Waals surface area contributed by atoms with Crippen LogP contribution >= 0.6 is 11.3 Å². The summed E-state index contributed by atoms with van der Waals surface area (Å²) in [5.41, 5.74) is 6.03. The smallest absolute Gasteiger partial charge is 0.407 e. The first-order chi connectivity index (χ1) is 16.5. The van der Waals surface area contributed by atoms with Gasteiger partial charge >= 0.3 is 12.1 Å². The Morgan fingerprint density at radius 1 is 1.03 bits per heavy atom. The van der Waals surface area contributed by atoms with Crippen molar-refractivity contribution < 1.29 is 24.2 Å². The van der Waals surface area contributed by atoms with E-state index in [1.165, 1.54) is 11.3 Å². The molecule has 0 aliphatic heterocycles. The monoisotopic (exact) mass is 479 g/mol. The summed E-state index contributed by atoms with van der Waals surface area (Å²) >= 11 is 1.31. The summed E-state index contributed by atoms with van der Waals surface area (Å²) in [5, 5.41) is 14.6. The van der Waals surface area contributed by atoms with E-state index in [-0.39, 0.29) is 25.4 Å². The number of amides is 2. The van der Waals surface area contributed by atoms with E-state index in [0.29, 0.717) is 0 Å². The van der Waals surface area contributed by atoms with E-state index in [1.807, 2.05) is 36.4 Å². The molecule has 1 aliphatic carbocycles. The number of thiazole rings is 1. The third-order valence-electron chi connectivity index (χ3n) is 5.86. The first-order valence-electron chi connectivity index (χ1n) is 11.0. The van der Waals surface area contributed by atoms with Gasteiger partial charge in [-0.15, -0.1) is 11.3 Å². The molecule has 4 rings (SSSR count). The highest BCUT2D eigenvalue weighted by Crippen LogP contribution is 2.44. The number of nitrogens with zero attached hydrogens (tertiary/aromatic N) is 1. The highest BCUT2D eigenvalue weighted by molar-refractivity contribution is 7.09. The van der Waals surface area contributed by atoms with Crippen LogP contribution in [0.4, 0.5) is 4.79 Å². The maximum atomic E-state index is 12.7. The molecule has 3 N–H and O–H groups in total. The molecule has 1 aromatic heterocycles. The lowest BCUT2D eigenvalue weighted by Gasteiger charge is -2.21. The molecular formula is C25H25N3O5S. The summed E-state index contributed by atoms with van der Waals surface area (Å²) in [6, 6.07) is 14.0. The standard InChI is InChI=1S/C25H25N3O5S/c1-2-21(23(29)27-22(24(30)31)11-15-12-26-14-34-15)28-25(32)33-13-20-18-9-5-3-7-16(18)17-8-4-6-10-19(17)20/h3-10,12,14,20-22H,2,11,13H2,1H3,(H,27,29)(H,28,32)(H,30,31). The van der Waals surface area contributed by atoms with Crippen molar-refractivity contribution in [3.05, 3.63) is 76.2 Å². The van der Waals surface area contributed by atoms with Crippen molar-refractivity contribution in [1.29, 1.82) is 0 Å². The Kier molecular flexibility index (Phi) is 7.22. The number of hydrogen-bond acceptors (Lipinski definition) is 6. The number of aliphatic carboxylic acids is 1. The number of carbonyl (C=O) groups excluding carboxylic acids is 2. The predicted molar refractivity (Wildman–Crippen MR) is 128 cm³/mol. The number of hydrogen-bond donors (Lipinski definition) is 3. The van der Waals surface area contributed by atoms with Crippen molar-refractivity contribution in [2.75, 3.05) is 6.61 Å². The van der Waals surface area contributed by atoms with Gasteiger partial charge in [-0.05, 0) is 28.7 Å². The summed E-state index contributed by atoms with van der Waals surface area (Å²) in [6.07, 6.45) is 1.24. The zero-order valence-electron chi connectivity index (χ0n) is 18.6. The molecule has 9 heteroatoms. The van der Waals surface area contributed by atoms with Gasteiger partial charge in [-0.2, -0.15) is 0 Å². The quantitative estimate of drug-likeness (QED) is 0.432. The van der Waals surface area contributed by atoms with E-state index < -0.39 is 30.1 Å². The van der Waals surface area contributed by atoms with Crippen molar-refractivity contribution in [1.82, 2.24) is 15.6 Å². The molecule has 1 aliphatic rings. The van der Waals surface area contributed by atoms with E-state index >= 15 is 0 Å². The fourth-order valence-corrected chi connectivity index (χ4v) is 4.79. The van der Waals surface area contributed by atoms with Crippen LogP contribution in [-0.2, 0) is 20.7 Å². The van der Waals surface area contributed by atoms with E-state index in [9.17, 15) is 19.5 Å². The summed E-state index contributed by atoms with van der Waals surface area (Å²) in [6.45, 7) is 1.86. The van der Waals surface area contributed by atoms with Gasteiger partial charge < -0.3 is 20.5 Å². The van der Waals surface area contributed by atoms with Crippen LogP contribution in [0.25, 0.3) is 11.1 Å². The van der Waals surface area contributed by atoms with Gasteiger partial charge in [-0.3, -0.25) is 9.78 Å². The average molecular weight is 480 g/mol. The molecule has 2 atom stereocenters. The second-order valence-corrected chi connectivity index (χ2v) is 8.97. The highest BCUT2D eigenvalue weighted by atomic mass is 32.1. The number of rotatable bonds is 9. The van der Waals surface area contributed by atoms with Gasteiger partial charge in [0.05, 0.1) is 5.51 Å². The van der Waals surface area contributed by atoms with Crippen LogP contribution in [0.3, 0.4) is 0 Å². The van der Waals surface area contributed by atoms with Gasteiger partial charge in [0.2, 0.25) is 5.91 Å². The van der Waals surface area contributed by atoms with Crippen LogP contribution in [0.1, 0.15) is 35.3 Å². The summed E-state index contributed by atoms with van der Waals surface area (Å²) in [4.78, 5) is 41.5. The van der Waals surface area contributed by atoms with Gasteiger partial charge in [-0.25, -0.2) is 9.59 Å². The molecule has 0 saturated heterocycles. The molecule has 8 nitrogen and oxygen atoms in total. The average Bonchev–Trinajstić information content (AvgIpc) is 3.46. The summed E-state index contributed by atoms with van der Waals surface area (Å²) in [5.74, 6) is -1.83. The molecule has 0 bridgehead atoms. The third-order valence-corrected chi connectivity index (χ3v) is 6.67. The molecule has 2 unspecified atom stereocenters. The zero-order chi connectivity index (χ0) is 24.1. The number of carboxylic acids is 1. The van der Waals surface area contributed by atoms with Crippen molar-refractivity contribution in [2.45, 2.75) is 37.8 Å². The highest BCUT2D eigenvalue weighted by Gasteiger charge is 2.30. The maximum Gasteiger partial charge on any atom is 0.407 e. The van der Waals surface area contributed by atoms with Gasteiger partial charge in [0, 0.05) is 23.4 Å². The molecule has 3 aromatic rings. The first-order valence-corrected chi connectivity index (χ1v) is 11.9. The summed E-state index contributed by atoms with van der Waals surface area (Å²) in [7, 11) is 0. The molecule has 0 fully saturated rings. The first kappa shape index (κ1) is 23.4. The second-order valence-electron chi connectivity index (χ2n) is 8.00. The van der Waals surface area contributed by atoms with Crippen LogP contribution < -0.4 is 10.6 Å². The van der Waals surface area contributed by atoms with E-state index in [0.717, 1.165) is 27.1 Å². The lowest BCUT2D eigenvalue weighted by molar-refractivity contribution is -0.142. The number of alkyl carbamates (subject to hydrolysis) is 1. The van der Waals surface area contributed by atoms with Crippen LogP contribution in [-0.4, -0.2) is 46.8 Å². The lowest BCUT2D eigenvalue weighted by atomic mass is 9.98. The minimum absolute atomic E-state index is 0.0946. The van der Waals surface area contributed by atoms with E-state index in [2.05, 4.69) is 27.8 Å². The van der Waals surface area contributed by atoms with Gasteiger partial charge in [0.25, 0.3) is 0 Å². The van der Waals surface area contributed by atoms with E-state index in [4.69, 9.17) is 4.74 Å². The molecule has 176 valence electrons. The third kappa shape index (κ3) is 5.09. The molecule has 2 amide bonds. The lowest BCUT2D eigenvalue weighted by Crippen LogP contribution is -2.52. The molecule has 2 aromatic carbocycles. The number of benzene rings is 2. The molecule has 34 heavy (non-hydrogen) atoms. The SMILES string of the molecule is CCC(NC(=O)OCC1c2ccccc2-c2ccccc21)C(=O)NC(Cc1cncs1)C(=O)O. The van der Waals surface area contributed by atoms with Gasteiger partial charge in [0.1, 0.15) is 18.7 Å². The van der Waals surface area contributed by atoms with Crippen molar-refractivity contribution in [3.63, 3.8) is 0 Å². The Hall–Kier alpha value is -3.72. The Morgan fingerprint density at radius 3 is 2.24 bits per heavy atom. The molecule has 1 heterocycles. The topological polar surface area (TPSA) is 118 Å². The molecule has 0 spiro atoms. The Bertz CT molecular complexity index is 1140. The van der Waals surface area contributed by atoms with Crippen LogP contribution in [0.15, 0.2) is 60.2 Å². The number of carbonyl (C=O) groups is 3. The molecular weight excluding hydrogens is 454 g/mol. The maximum absolute atomic E-state index is 12.7. The Labute approximate surface area is 201 Å². The summed E-state index contributed by atoms with van der Waals surface area (Å²) < 4.78 is 5.51. The van der Waals surface area contributed by atoms with Crippen molar-refractivity contribution in [2.24, 2.45) is 0 Å². The fraction of sp³-hybridized carbons (Fsp3) is 0.280. The van der Waals surface area contributed by atoms with Crippen LogP contribution in [0, 0.1) is 0 Å². The number of ether oxygens (including phenoxy) is 1. The number of fused-ring (bicyclic) bond motifs is 3. The minimum Gasteiger partial charge on any atom is -0.480 e. The molecule has 0 radical (unpaired) electrons. The minimum atomic E-state index is -1.15. The van der Waals surface area contributed by atoms with Crippen LogP contribution in [0.2, 0.25) is 0 Å². The van der Waals surface area contributed by atoms with E-state index in [1.54, 1.807) is 18.6 Å². The number of nitrogens with one attached hydrogen (secondary N) is 2. The van der Waals surface area contributed by atoms with Gasteiger partial charge in [-0.1, -0.05) is 55.5 Å². The Balaban J connectivity index is 1.36. The largest absolute Gasteiger partial charge is 0.480 e. The van der Waals surface area contributed by atoms with Crippen molar-refractivity contribution in [3.8, 4) is 11.1 Å². The predicted octanol–water partition coefficient (Wildman–Crippen LogP) is 3.57.